The van der Waals surface area contributed by atoms with E-state index < -0.39 is 0 Å². The van der Waals surface area contributed by atoms with Gasteiger partial charge in [0.25, 0.3) is 0 Å². The molecule has 70 valence electrons. The Morgan fingerprint density at radius 3 is 2.58 bits per heavy atom. The number of rotatable bonds is 4. The van der Waals surface area contributed by atoms with Crippen LogP contribution in [0.3, 0.4) is 0 Å². The van der Waals surface area contributed by atoms with Gasteiger partial charge in [0.2, 0.25) is 0 Å². The fraction of sp³-hybridized carbons (Fsp3) is 0.833. The van der Waals surface area contributed by atoms with Crippen molar-refractivity contribution in [1.82, 2.24) is 0 Å². The third-order valence-electron chi connectivity index (χ3n) is 2.78. The summed E-state index contributed by atoms with van der Waals surface area (Å²) in [5, 5.41) is 0. The monoisotopic (exact) mass is 166 g/mol. The Balaban J connectivity index is 2.07. The second-order valence-corrected chi connectivity index (χ2v) is 3.97. The minimum absolute atomic E-state index is 0.926. The fourth-order valence-electron chi connectivity index (χ4n) is 1.94. The maximum absolute atomic E-state index is 2.47. The van der Waals surface area contributed by atoms with E-state index in [1.807, 2.05) is 0 Å². The molecule has 1 aliphatic rings. The minimum atomic E-state index is 0.926. The fourth-order valence-corrected chi connectivity index (χ4v) is 1.94. The van der Waals surface area contributed by atoms with Crippen molar-refractivity contribution in [2.45, 2.75) is 58.3 Å². The van der Waals surface area contributed by atoms with Crippen LogP contribution in [0.2, 0.25) is 0 Å². The smallest absolute Gasteiger partial charge is 0.0234 e. The average molecular weight is 166 g/mol. The van der Waals surface area contributed by atoms with Gasteiger partial charge in [-0.25, -0.2) is 0 Å². The van der Waals surface area contributed by atoms with Gasteiger partial charge >= 0.3 is 0 Å². The van der Waals surface area contributed by atoms with E-state index in [9.17, 15) is 0 Å². The van der Waals surface area contributed by atoms with Crippen LogP contribution < -0.4 is 0 Å². The number of hydrogen-bond acceptors (Lipinski definition) is 0. The summed E-state index contributed by atoms with van der Waals surface area (Å²) < 4.78 is 0. The van der Waals surface area contributed by atoms with Crippen molar-refractivity contribution >= 4 is 0 Å². The van der Waals surface area contributed by atoms with Crippen LogP contribution in [0.15, 0.2) is 12.2 Å². The lowest BCUT2D eigenvalue weighted by Crippen LogP contribution is -2.02. The molecule has 0 spiro atoms. The van der Waals surface area contributed by atoms with Crippen molar-refractivity contribution in [2.75, 3.05) is 0 Å². The SMILES string of the molecule is CCCCC=CC1CCCCC1. The molecule has 0 unspecified atom stereocenters. The van der Waals surface area contributed by atoms with Crippen LogP contribution in [-0.2, 0) is 0 Å². The van der Waals surface area contributed by atoms with Crippen LogP contribution in [0, 0.1) is 5.92 Å². The van der Waals surface area contributed by atoms with Crippen molar-refractivity contribution in [3.8, 4) is 0 Å². The molecule has 0 atom stereocenters. The molecule has 1 fully saturated rings. The van der Waals surface area contributed by atoms with Crippen LogP contribution in [-0.4, -0.2) is 0 Å². The van der Waals surface area contributed by atoms with Gasteiger partial charge in [0, 0.05) is 0 Å². The van der Waals surface area contributed by atoms with E-state index in [2.05, 4.69) is 19.1 Å². The molecule has 0 aromatic rings. The van der Waals surface area contributed by atoms with E-state index in [-0.39, 0.29) is 0 Å². The Labute approximate surface area is 77.1 Å². The van der Waals surface area contributed by atoms with Crippen molar-refractivity contribution in [2.24, 2.45) is 5.92 Å². The molecule has 0 aliphatic heterocycles. The molecule has 0 aromatic carbocycles. The molecular formula is C12H22. The topological polar surface area (TPSA) is 0 Å². The molecule has 1 rings (SSSR count). The van der Waals surface area contributed by atoms with E-state index in [0.717, 1.165) is 5.92 Å². The standard InChI is InChI=1S/C12H22/c1-2-3-4-6-9-12-10-7-5-8-11-12/h6,9,12H,2-5,7-8,10-11H2,1H3. The number of unbranched alkanes of at least 4 members (excludes halogenated alkanes) is 2. The molecule has 1 aliphatic carbocycles. The summed E-state index contributed by atoms with van der Waals surface area (Å²) in [5.41, 5.74) is 0. The zero-order valence-corrected chi connectivity index (χ0v) is 8.39. The third-order valence-corrected chi connectivity index (χ3v) is 2.78. The molecular weight excluding hydrogens is 144 g/mol. The molecule has 0 N–H and O–H groups in total. The Morgan fingerprint density at radius 1 is 1.17 bits per heavy atom. The lowest BCUT2D eigenvalue weighted by molar-refractivity contribution is 0.418. The highest BCUT2D eigenvalue weighted by Crippen LogP contribution is 2.24. The quantitative estimate of drug-likeness (QED) is 0.431. The first kappa shape index (κ1) is 9.83. The lowest BCUT2D eigenvalue weighted by atomic mass is 9.89. The molecule has 0 nitrogen and oxygen atoms in total. The van der Waals surface area contributed by atoms with E-state index >= 15 is 0 Å². The normalized spacial score (nSPS) is 20.4. The summed E-state index contributed by atoms with van der Waals surface area (Å²) in [4.78, 5) is 0. The summed E-state index contributed by atoms with van der Waals surface area (Å²) in [7, 11) is 0. The van der Waals surface area contributed by atoms with Crippen molar-refractivity contribution in [1.29, 1.82) is 0 Å². The van der Waals surface area contributed by atoms with Gasteiger partial charge < -0.3 is 0 Å². The van der Waals surface area contributed by atoms with Gasteiger partial charge in [0.1, 0.15) is 0 Å². The molecule has 0 saturated heterocycles. The Hall–Kier alpha value is -0.260. The van der Waals surface area contributed by atoms with E-state index in [4.69, 9.17) is 0 Å². The Bertz CT molecular complexity index is 118. The maximum Gasteiger partial charge on any atom is -0.0234 e. The molecule has 0 amide bonds. The highest BCUT2D eigenvalue weighted by atomic mass is 14.1. The van der Waals surface area contributed by atoms with Gasteiger partial charge in [-0.2, -0.15) is 0 Å². The number of hydrogen-bond donors (Lipinski definition) is 0. The van der Waals surface area contributed by atoms with Gasteiger partial charge in [-0.15, -0.1) is 0 Å². The zero-order chi connectivity index (χ0) is 8.65. The second kappa shape index (κ2) is 6.28. The first-order valence-electron chi connectivity index (χ1n) is 5.60. The lowest BCUT2D eigenvalue weighted by Gasteiger charge is -2.17. The Kier molecular flexibility index (Phi) is 5.14. The van der Waals surface area contributed by atoms with E-state index in [1.54, 1.807) is 0 Å². The summed E-state index contributed by atoms with van der Waals surface area (Å²) in [6, 6.07) is 0. The average Bonchev–Trinajstić information content (AvgIpc) is 2.14. The van der Waals surface area contributed by atoms with E-state index in [1.165, 1.54) is 51.4 Å². The highest BCUT2D eigenvalue weighted by molar-refractivity contribution is 4.89. The summed E-state index contributed by atoms with van der Waals surface area (Å²) in [6.45, 7) is 2.26. The Morgan fingerprint density at radius 2 is 1.92 bits per heavy atom. The van der Waals surface area contributed by atoms with Gasteiger partial charge in [-0.05, 0) is 25.2 Å². The van der Waals surface area contributed by atoms with Crippen LogP contribution >= 0.6 is 0 Å². The van der Waals surface area contributed by atoms with Crippen molar-refractivity contribution in [3.63, 3.8) is 0 Å². The van der Waals surface area contributed by atoms with E-state index in [0.29, 0.717) is 0 Å². The van der Waals surface area contributed by atoms with Crippen molar-refractivity contribution < 1.29 is 0 Å². The van der Waals surface area contributed by atoms with Crippen LogP contribution in [0.25, 0.3) is 0 Å². The highest BCUT2D eigenvalue weighted by Gasteiger charge is 2.08. The van der Waals surface area contributed by atoms with Crippen LogP contribution in [0.4, 0.5) is 0 Å². The minimum Gasteiger partial charge on any atom is -0.0883 e. The third kappa shape index (κ3) is 3.94. The van der Waals surface area contributed by atoms with Crippen LogP contribution in [0.1, 0.15) is 58.3 Å². The van der Waals surface area contributed by atoms with Gasteiger partial charge in [-0.1, -0.05) is 51.2 Å². The van der Waals surface area contributed by atoms with Crippen LogP contribution in [0.5, 0.6) is 0 Å². The molecule has 0 bridgehead atoms. The molecule has 1 saturated carbocycles. The predicted molar refractivity (Wildman–Crippen MR) is 55.2 cm³/mol. The maximum atomic E-state index is 2.47. The summed E-state index contributed by atoms with van der Waals surface area (Å²) in [5.74, 6) is 0.926. The number of allylic oxidation sites excluding steroid dienone is 2. The largest absolute Gasteiger partial charge is 0.0883 e. The molecule has 0 radical (unpaired) electrons. The second-order valence-electron chi connectivity index (χ2n) is 3.97. The molecule has 12 heavy (non-hydrogen) atoms. The zero-order valence-electron chi connectivity index (χ0n) is 8.39. The van der Waals surface area contributed by atoms with Gasteiger partial charge in [-0.3, -0.25) is 0 Å². The van der Waals surface area contributed by atoms with Gasteiger partial charge in [0.15, 0.2) is 0 Å². The summed E-state index contributed by atoms with van der Waals surface area (Å²) >= 11 is 0. The van der Waals surface area contributed by atoms with Gasteiger partial charge in [0.05, 0.1) is 0 Å². The molecule has 0 heteroatoms. The predicted octanol–water partition coefficient (Wildman–Crippen LogP) is 4.31. The molecule has 0 heterocycles. The summed E-state index contributed by atoms with van der Waals surface area (Å²) in [6.07, 6.45) is 16.1. The molecule has 0 aromatic heterocycles. The van der Waals surface area contributed by atoms with Crippen molar-refractivity contribution in [3.05, 3.63) is 12.2 Å². The first-order valence-corrected chi connectivity index (χ1v) is 5.60. The first-order chi connectivity index (χ1) is 5.93.